The van der Waals surface area contributed by atoms with Gasteiger partial charge >= 0.3 is 0 Å². The molecule has 7 heteroatoms. The fourth-order valence-corrected chi connectivity index (χ4v) is 3.02. The zero-order chi connectivity index (χ0) is 18.4. The molecule has 1 aliphatic rings. The molecule has 0 spiro atoms. The van der Waals surface area contributed by atoms with Gasteiger partial charge in [-0.3, -0.25) is 9.59 Å². The predicted octanol–water partition coefficient (Wildman–Crippen LogP) is 2.78. The molecule has 3 aromatic rings. The Morgan fingerprint density at radius 3 is 2.85 bits per heavy atom. The van der Waals surface area contributed by atoms with Crippen molar-refractivity contribution in [3.8, 4) is 11.1 Å². The van der Waals surface area contributed by atoms with E-state index in [-0.39, 0.29) is 17.9 Å². The number of alkyl halides is 1. The molecule has 6 nitrogen and oxygen atoms in total. The predicted molar refractivity (Wildman–Crippen MR) is 98.6 cm³/mol. The molecular weight excluding hydrogens is 335 g/mol. The first-order chi connectivity index (χ1) is 12.4. The third-order valence-electron chi connectivity index (χ3n) is 4.61. The number of nitrogens with zero attached hydrogens (tertiary/aromatic N) is 1. The molecular formula is C19H17FN4O2. The number of hydrogen-bond donors (Lipinski definition) is 3. The smallest absolute Gasteiger partial charge is 0.248 e. The number of benzene rings is 1. The van der Waals surface area contributed by atoms with Gasteiger partial charge in [0.25, 0.3) is 0 Å². The second-order valence-corrected chi connectivity index (χ2v) is 6.60. The monoisotopic (exact) mass is 352 g/mol. The molecule has 4 N–H and O–H groups in total. The molecule has 132 valence electrons. The summed E-state index contributed by atoms with van der Waals surface area (Å²) >= 11 is 0. The molecule has 1 aliphatic carbocycles. The summed E-state index contributed by atoms with van der Waals surface area (Å²) in [7, 11) is 0. The zero-order valence-electron chi connectivity index (χ0n) is 14.0. The van der Waals surface area contributed by atoms with Gasteiger partial charge in [0, 0.05) is 29.5 Å². The van der Waals surface area contributed by atoms with Crippen molar-refractivity contribution in [1.82, 2.24) is 9.97 Å². The summed E-state index contributed by atoms with van der Waals surface area (Å²) in [6, 6.07) is 6.90. The fourth-order valence-electron chi connectivity index (χ4n) is 3.02. The van der Waals surface area contributed by atoms with Gasteiger partial charge in [-0.1, -0.05) is 0 Å². The molecule has 26 heavy (non-hydrogen) atoms. The van der Waals surface area contributed by atoms with Crippen molar-refractivity contribution in [2.24, 2.45) is 5.92 Å². The Hall–Kier alpha value is -3.22. The van der Waals surface area contributed by atoms with Crippen molar-refractivity contribution in [1.29, 1.82) is 0 Å². The number of halogens is 1. The highest BCUT2D eigenvalue weighted by molar-refractivity contribution is 6.00. The van der Waals surface area contributed by atoms with Crippen molar-refractivity contribution in [3.05, 3.63) is 52.6 Å². The highest BCUT2D eigenvalue weighted by Gasteiger charge is 2.43. The van der Waals surface area contributed by atoms with E-state index >= 15 is 0 Å². The normalized spacial score (nSPS) is 18.7. The first-order valence-corrected chi connectivity index (χ1v) is 8.26. The van der Waals surface area contributed by atoms with Crippen LogP contribution in [0.2, 0.25) is 0 Å². The number of fused-ring (bicyclic) bond motifs is 1. The van der Waals surface area contributed by atoms with Gasteiger partial charge in [0.2, 0.25) is 11.5 Å². The Morgan fingerprint density at radius 1 is 1.35 bits per heavy atom. The van der Waals surface area contributed by atoms with Crippen LogP contribution < -0.4 is 16.6 Å². The van der Waals surface area contributed by atoms with Crippen molar-refractivity contribution >= 4 is 28.2 Å². The van der Waals surface area contributed by atoms with Crippen LogP contribution in [0.25, 0.3) is 21.9 Å². The van der Waals surface area contributed by atoms with Gasteiger partial charge in [-0.25, -0.2) is 9.37 Å². The quantitative estimate of drug-likeness (QED) is 0.631. The first-order valence-electron chi connectivity index (χ1n) is 8.26. The van der Waals surface area contributed by atoms with Crippen LogP contribution in [0.3, 0.4) is 0 Å². The van der Waals surface area contributed by atoms with Crippen LogP contribution in [0, 0.1) is 12.8 Å². The summed E-state index contributed by atoms with van der Waals surface area (Å²) in [5, 5.41) is 4.16. The third-order valence-corrected chi connectivity index (χ3v) is 4.61. The van der Waals surface area contributed by atoms with Crippen LogP contribution in [0.4, 0.5) is 15.9 Å². The lowest BCUT2D eigenvalue weighted by atomic mass is 9.98. The van der Waals surface area contributed by atoms with Crippen LogP contribution in [0.5, 0.6) is 0 Å². The fraction of sp³-hybridized carbons (Fsp3) is 0.211. The number of nitrogens with two attached hydrogens (primary N) is 1. The number of carbonyl (C=O) groups excluding carboxylic acids is 1. The number of aryl methyl sites for hydroxylation is 1. The third kappa shape index (κ3) is 2.92. The number of amides is 1. The molecule has 0 bridgehead atoms. The first kappa shape index (κ1) is 16.3. The molecule has 0 radical (unpaired) electrons. The topological polar surface area (TPSA) is 101 Å². The van der Waals surface area contributed by atoms with E-state index in [0.717, 1.165) is 27.5 Å². The minimum Gasteiger partial charge on any atom is -0.398 e. The molecule has 0 saturated heterocycles. The summed E-state index contributed by atoms with van der Waals surface area (Å²) in [4.78, 5) is 30.4. The van der Waals surface area contributed by atoms with Crippen LogP contribution >= 0.6 is 0 Å². The molecule has 1 fully saturated rings. The van der Waals surface area contributed by atoms with Gasteiger partial charge in [0.1, 0.15) is 12.0 Å². The summed E-state index contributed by atoms with van der Waals surface area (Å²) in [6.07, 6.45) is 2.43. The van der Waals surface area contributed by atoms with Gasteiger partial charge in [-0.2, -0.15) is 0 Å². The number of rotatable bonds is 3. The van der Waals surface area contributed by atoms with Crippen molar-refractivity contribution in [3.63, 3.8) is 0 Å². The van der Waals surface area contributed by atoms with E-state index in [1.165, 1.54) is 6.07 Å². The number of aromatic amines is 1. The Kier molecular flexibility index (Phi) is 3.72. The molecule has 2 unspecified atom stereocenters. The van der Waals surface area contributed by atoms with E-state index in [1.54, 1.807) is 24.5 Å². The molecule has 4 rings (SSSR count). The number of nitrogens with one attached hydrogen (secondary N) is 2. The van der Waals surface area contributed by atoms with Gasteiger partial charge in [-0.15, -0.1) is 0 Å². The second-order valence-electron chi connectivity index (χ2n) is 6.60. The van der Waals surface area contributed by atoms with Gasteiger partial charge in [0.05, 0.1) is 5.92 Å². The lowest BCUT2D eigenvalue weighted by Gasteiger charge is -2.11. The Bertz CT molecular complexity index is 1090. The number of hydrogen-bond acceptors (Lipinski definition) is 4. The molecule has 2 atom stereocenters. The maximum atomic E-state index is 13.0. The number of carbonyl (C=O) groups is 1. The maximum Gasteiger partial charge on any atom is 0.248 e. The average Bonchev–Trinajstić information content (AvgIpc) is 3.33. The van der Waals surface area contributed by atoms with Gasteiger partial charge in [-0.05, 0) is 53.6 Å². The highest BCUT2D eigenvalue weighted by atomic mass is 19.1. The number of aromatic nitrogens is 2. The number of nitrogen functional groups attached to an aromatic ring is 1. The lowest BCUT2D eigenvalue weighted by Crippen LogP contribution is -2.15. The number of pyridine rings is 2. The van der Waals surface area contributed by atoms with Gasteiger partial charge in [0.15, 0.2) is 0 Å². The summed E-state index contributed by atoms with van der Waals surface area (Å²) in [5.74, 6) is -0.595. The Morgan fingerprint density at radius 2 is 2.12 bits per heavy atom. The van der Waals surface area contributed by atoms with Crippen LogP contribution in [0.1, 0.15) is 12.0 Å². The van der Waals surface area contributed by atoms with E-state index in [0.29, 0.717) is 11.5 Å². The van der Waals surface area contributed by atoms with E-state index in [9.17, 15) is 14.0 Å². The standard InChI is InChI=1S/C19H17FN4O2/c1-9-7-23-18(25)6-12(9)10-2-11-4-17(22-8-14(11)16(21)3-10)24-19(26)13-5-15(13)20/h2-4,6-8,13,15H,5,21H2,1H3,(H,23,25)(H,22,24,26). The maximum absolute atomic E-state index is 13.0. The molecule has 1 saturated carbocycles. The van der Waals surface area contributed by atoms with E-state index in [2.05, 4.69) is 15.3 Å². The van der Waals surface area contributed by atoms with E-state index in [4.69, 9.17) is 5.73 Å². The summed E-state index contributed by atoms with van der Waals surface area (Å²) in [5.41, 5.74) is 8.96. The average molecular weight is 352 g/mol. The molecule has 0 aliphatic heterocycles. The summed E-state index contributed by atoms with van der Waals surface area (Å²) < 4.78 is 13.0. The van der Waals surface area contributed by atoms with Crippen molar-refractivity contribution in [2.45, 2.75) is 19.5 Å². The number of anilines is 2. The second kappa shape index (κ2) is 5.94. The minimum atomic E-state index is -1.06. The lowest BCUT2D eigenvalue weighted by molar-refractivity contribution is -0.117. The molecule has 2 aromatic heterocycles. The van der Waals surface area contributed by atoms with Crippen LogP contribution in [-0.2, 0) is 4.79 Å². The van der Waals surface area contributed by atoms with Gasteiger partial charge < -0.3 is 16.0 Å². The molecule has 1 amide bonds. The number of H-pyrrole nitrogens is 1. The largest absolute Gasteiger partial charge is 0.398 e. The zero-order valence-corrected chi connectivity index (χ0v) is 14.0. The van der Waals surface area contributed by atoms with Crippen LogP contribution in [-0.4, -0.2) is 22.0 Å². The van der Waals surface area contributed by atoms with Crippen molar-refractivity contribution in [2.75, 3.05) is 11.1 Å². The SMILES string of the molecule is Cc1c[nH]c(=O)cc1-c1cc(N)c2cnc(NC(=O)C3CC3F)cc2c1. The van der Waals surface area contributed by atoms with E-state index < -0.39 is 12.1 Å². The Balaban J connectivity index is 1.76. The highest BCUT2D eigenvalue weighted by Crippen LogP contribution is 2.35. The minimum absolute atomic E-state index is 0.197. The summed E-state index contributed by atoms with van der Waals surface area (Å²) in [6.45, 7) is 1.90. The van der Waals surface area contributed by atoms with Crippen LogP contribution in [0.15, 0.2) is 41.5 Å². The van der Waals surface area contributed by atoms with Crippen molar-refractivity contribution < 1.29 is 9.18 Å². The Labute approximate surface area is 148 Å². The molecule has 1 aromatic carbocycles. The van der Waals surface area contributed by atoms with E-state index in [1.807, 2.05) is 13.0 Å². The molecule has 2 heterocycles.